The van der Waals surface area contributed by atoms with Crippen molar-refractivity contribution < 1.29 is 0 Å². The Hall–Kier alpha value is -2.04. The molecule has 0 amide bonds. The van der Waals surface area contributed by atoms with Crippen molar-refractivity contribution in [3.63, 3.8) is 0 Å². The Morgan fingerprint density at radius 3 is 2.53 bits per heavy atom. The molecule has 1 heterocycles. The Labute approximate surface area is 112 Å². The number of nitrogen functional groups attached to an aromatic ring is 2. The molecule has 4 N–H and O–H groups in total. The maximum atomic E-state index is 12.2. The van der Waals surface area contributed by atoms with Crippen molar-refractivity contribution in [1.82, 2.24) is 9.66 Å². The molecule has 5 heteroatoms. The highest BCUT2D eigenvalue weighted by molar-refractivity contribution is 5.80. The van der Waals surface area contributed by atoms with E-state index in [9.17, 15) is 4.79 Å². The van der Waals surface area contributed by atoms with Crippen LogP contribution in [0.4, 0.5) is 5.69 Å². The molecule has 0 saturated heterocycles. The summed E-state index contributed by atoms with van der Waals surface area (Å²) in [6, 6.07) is 5.04. The van der Waals surface area contributed by atoms with E-state index in [0.29, 0.717) is 22.4 Å². The minimum absolute atomic E-state index is 0.0332. The zero-order valence-electron chi connectivity index (χ0n) is 11.8. The highest BCUT2D eigenvalue weighted by Crippen LogP contribution is 2.32. The van der Waals surface area contributed by atoms with E-state index in [4.69, 9.17) is 11.6 Å². The van der Waals surface area contributed by atoms with Gasteiger partial charge in [-0.2, -0.15) is 0 Å². The summed E-state index contributed by atoms with van der Waals surface area (Å²) in [6.07, 6.45) is 0. The van der Waals surface area contributed by atoms with Gasteiger partial charge in [0.2, 0.25) is 0 Å². The third-order valence-electron chi connectivity index (χ3n) is 3.64. The number of nitrogens with zero attached hydrogens (tertiary/aromatic N) is 2. The van der Waals surface area contributed by atoms with Gasteiger partial charge in [0.25, 0.3) is 5.56 Å². The molecule has 0 bridgehead atoms. The van der Waals surface area contributed by atoms with Crippen molar-refractivity contribution in [2.45, 2.75) is 33.6 Å². The second-order valence-electron chi connectivity index (χ2n) is 6.01. The summed E-state index contributed by atoms with van der Waals surface area (Å²) in [4.78, 5) is 16.8. The second-order valence-corrected chi connectivity index (χ2v) is 6.01. The standard InChI is InChI=1S/C14H20N4O/c1-8(14(2,3)4)12-17-11-7-9(15)5-6-10(11)13(19)18(12)16/h5-8H,15-16H2,1-4H3. The van der Waals surface area contributed by atoms with Crippen molar-refractivity contribution in [1.29, 1.82) is 0 Å². The van der Waals surface area contributed by atoms with E-state index in [1.807, 2.05) is 6.92 Å². The van der Waals surface area contributed by atoms with Gasteiger partial charge >= 0.3 is 0 Å². The van der Waals surface area contributed by atoms with Crippen LogP contribution in [-0.2, 0) is 0 Å². The zero-order valence-corrected chi connectivity index (χ0v) is 11.8. The van der Waals surface area contributed by atoms with Crippen LogP contribution >= 0.6 is 0 Å². The van der Waals surface area contributed by atoms with Crippen LogP contribution in [0.2, 0.25) is 0 Å². The summed E-state index contributed by atoms with van der Waals surface area (Å²) in [6.45, 7) is 8.29. The number of aromatic nitrogens is 2. The van der Waals surface area contributed by atoms with Crippen molar-refractivity contribution in [2.75, 3.05) is 11.6 Å². The molecule has 0 aliphatic carbocycles. The minimum atomic E-state index is -0.240. The topological polar surface area (TPSA) is 86.9 Å². The van der Waals surface area contributed by atoms with Crippen molar-refractivity contribution >= 4 is 16.6 Å². The Morgan fingerprint density at radius 1 is 1.32 bits per heavy atom. The average Bonchev–Trinajstić information content (AvgIpc) is 2.31. The molecule has 1 aromatic carbocycles. The zero-order chi connectivity index (χ0) is 14.4. The van der Waals surface area contributed by atoms with E-state index in [1.54, 1.807) is 18.2 Å². The molecule has 0 fully saturated rings. The molecule has 2 rings (SSSR count). The van der Waals surface area contributed by atoms with Crippen LogP contribution in [0.1, 0.15) is 39.4 Å². The van der Waals surface area contributed by atoms with E-state index in [2.05, 4.69) is 25.8 Å². The van der Waals surface area contributed by atoms with Gasteiger partial charge in [0.05, 0.1) is 10.9 Å². The van der Waals surface area contributed by atoms with Crippen molar-refractivity contribution in [3.05, 3.63) is 34.4 Å². The number of hydrogen-bond donors (Lipinski definition) is 2. The summed E-state index contributed by atoms with van der Waals surface area (Å²) in [7, 11) is 0. The van der Waals surface area contributed by atoms with Crippen LogP contribution in [0.25, 0.3) is 10.9 Å². The minimum Gasteiger partial charge on any atom is -0.399 e. The van der Waals surface area contributed by atoms with Crippen LogP contribution in [-0.4, -0.2) is 9.66 Å². The Balaban J connectivity index is 2.76. The molecule has 1 atom stereocenters. The largest absolute Gasteiger partial charge is 0.399 e. The van der Waals surface area contributed by atoms with Gasteiger partial charge in [0.1, 0.15) is 5.82 Å². The second kappa shape index (κ2) is 4.26. The fourth-order valence-corrected chi connectivity index (χ4v) is 1.93. The predicted molar refractivity (Wildman–Crippen MR) is 78.4 cm³/mol. The maximum Gasteiger partial charge on any atom is 0.279 e. The van der Waals surface area contributed by atoms with Crippen molar-refractivity contribution in [3.8, 4) is 0 Å². The molecule has 0 aliphatic heterocycles. The van der Waals surface area contributed by atoms with Crippen LogP contribution < -0.4 is 17.1 Å². The molecule has 0 radical (unpaired) electrons. The van der Waals surface area contributed by atoms with E-state index in [-0.39, 0.29) is 16.9 Å². The van der Waals surface area contributed by atoms with Crippen LogP contribution in [0.3, 0.4) is 0 Å². The third kappa shape index (κ3) is 2.28. The Morgan fingerprint density at radius 2 is 1.95 bits per heavy atom. The first-order valence-corrected chi connectivity index (χ1v) is 6.29. The van der Waals surface area contributed by atoms with Gasteiger partial charge in [-0.3, -0.25) is 4.79 Å². The number of hydrogen-bond acceptors (Lipinski definition) is 4. The van der Waals surface area contributed by atoms with Gasteiger partial charge in [-0.25, -0.2) is 9.66 Å². The molecule has 19 heavy (non-hydrogen) atoms. The molecule has 5 nitrogen and oxygen atoms in total. The maximum absolute atomic E-state index is 12.2. The average molecular weight is 260 g/mol. The molecule has 0 aliphatic rings. The molecule has 1 aromatic heterocycles. The van der Waals surface area contributed by atoms with Gasteiger partial charge in [-0.05, 0) is 23.6 Å². The molecular formula is C14H20N4O. The van der Waals surface area contributed by atoms with Gasteiger partial charge in [-0.15, -0.1) is 0 Å². The van der Waals surface area contributed by atoms with Gasteiger partial charge in [0.15, 0.2) is 0 Å². The van der Waals surface area contributed by atoms with Crippen LogP contribution in [0.15, 0.2) is 23.0 Å². The fraction of sp³-hybridized carbons (Fsp3) is 0.429. The van der Waals surface area contributed by atoms with Crippen LogP contribution in [0.5, 0.6) is 0 Å². The Bertz CT molecular complexity index is 682. The van der Waals surface area contributed by atoms with E-state index in [1.165, 1.54) is 0 Å². The monoisotopic (exact) mass is 260 g/mol. The number of rotatable bonds is 1. The third-order valence-corrected chi connectivity index (χ3v) is 3.64. The first-order valence-electron chi connectivity index (χ1n) is 6.29. The van der Waals surface area contributed by atoms with Gasteiger partial charge < -0.3 is 11.6 Å². The van der Waals surface area contributed by atoms with E-state index < -0.39 is 0 Å². The SMILES string of the molecule is CC(c1nc2cc(N)ccc2c(=O)n1N)C(C)(C)C. The number of benzene rings is 1. The number of fused-ring (bicyclic) bond motifs is 1. The predicted octanol–water partition coefficient (Wildman–Crippen LogP) is 1.84. The highest BCUT2D eigenvalue weighted by Gasteiger charge is 2.26. The lowest BCUT2D eigenvalue weighted by Gasteiger charge is -2.27. The summed E-state index contributed by atoms with van der Waals surface area (Å²) in [5.74, 6) is 6.53. The van der Waals surface area contributed by atoms with E-state index in [0.717, 1.165) is 4.68 Å². The molecule has 2 aromatic rings. The Kier molecular flexibility index (Phi) is 3.00. The normalized spacial score (nSPS) is 13.7. The summed E-state index contributed by atoms with van der Waals surface area (Å²) in [5.41, 5.74) is 6.65. The molecule has 0 saturated carbocycles. The fourth-order valence-electron chi connectivity index (χ4n) is 1.93. The summed E-state index contributed by atoms with van der Waals surface area (Å²) < 4.78 is 1.15. The molecule has 102 valence electrons. The molecule has 1 unspecified atom stereocenters. The summed E-state index contributed by atoms with van der Waals surface area (Å²) >= 11 is 0. The molecular weight excluding hydrogens is 240 g/mol. The van der Waals surface area contributed by atoms with Crippen molar-refractivity contribution in [2.24, 2.45) is 5.41 Å². The van der Waals surface area contributed by atoms with Gasteiger partial charge in [-0.1, -0.05) is 27.7 Å². The lowest BCUT2D eigenvalue weighted by Crippen LogP contribution is -2.35. The highest BCUT2D eigenvalue weighted by atomic mass is 16.1. The lowest BCUT2D eigenvalue weighted by atomic mass is 9.81. The molecule has 0 spiro atoms. The number of anilines is 1. The summed E-state index contributed by atoms with van der Waals surface area (Å²) in [5, 5.41) is 0.488. The quantitative estimate of drug-likeness (QED) is 0.605. The first kappa shape index (κ1) is 13.4. The van der Waals surface area contributed by atoms with E-state index >= 15 is 0 Å². The lowest BCUT2D eigenvalue weighted by molar-refractivity contribution is 0.322. The first-order chi connectivity index (χ1) is 8.71. The smallest absolute Gasteiger partial charge is 0.279 e. The number of nitrogens with two attached hydrogens (primary N) is 2. The van der Waals surface area contributed by atoms with Gasteiger partial charge in [0, 0.05) is 11.6 Å². The van der Waals surface area contributed by atoms with Crippen LogP contribution in [0, 0.1) is 5.41 Å².